The van der Waals surface area contributed by atoms with E-state index in [0.717, 1.165) is 29.2 Å². The molecule has 10 nitrogen and oxygen atoms in total. The molecule has 4 aromatic rings. The second-order valence-corrected chi connectivity index (χ2v) is 9.53. The Morgan fingerprint density at radius 2 is 1.88 bits per heavy atom. The van der Waals surface area contributed by atoms with Crippen LogP contribution in [0.25, 0.3) is 15.9 Å². The molecule has 34 heavy (non-hydrogen) atoms. The number of carbonyl (C=O) groups excluding carboxylic acids is 1. The highest BCUT2D eigenvalue weighted by Crippen LogP contribution is 2.38. The molecule has 0 spiro atoms. The number of rotatable bonds is 5. The molecule has 0 radical (unpaired) electrons. The number of piperazine rings is 1. The van der Waals surface area contributed by atoms with Gasteiger partial charge in [-0.25, -0.2) is 9.97 Å². The average Bonchev–Trinajstić information content (AvgIpc) is 3.39. The minimum absolute atomic E-state index is 0.308. The number of hydrogen-bond acceptors (Lipinski definition) is 9. The number of benzene rings is 1. The Morgan fingerprint density at radius 1 is 1.12 bits per heavy atom. The van der Waals surface area contributed by atoms with Gasteiger partial charge in [-0.1, -0.05) is 11.3 Å². The summed E-state index contributed by atoms with van der Waals surface area (Å²) in [6.07, 6.45) is 3.56. The minimum atomic E-state index is -0.308. The van der Waals surface area contributed by atoms with Gasteiger partial charge in [-0.2, -0.15) is 4.98 Å². The van der Waals surface area contributed by atoms with E-state index in [-0.39, 0.29) is 5.91 Å². The summed E-state index contributed by atoms with van der Waals surface area (Å²) in [5.41, 5.74) is 3.54. The molecule has 1 aliphatic heterocycles. The highest BCUT2D eigenvalue weighted by atomic mass is 32.1. The van der Waals surface area contributed by atoms with Gasteiger partial charge in [-0.3, -0.25) is 9.20 Å². The van der Waals surface area contributed by atoms with E-state index in [0.29, 0.717) is 45.7 Å². The van der Waals surface area contributed by atoms with Gasteiger partial charge in [0, 0.05) is 31.4 Å². The first-order valence-corrected chi connectivity index (χ1v) is 11.9. The third kappa shape index (κ3) is 4.01. The normalized spacial score (nSPS) is 18.4. The topological polar surface area (TPSA) is 106 Å². The van der Waals surface area contributed by atoms with Crippen LogP contribution in [0, 0.1) is 6.92 Å². The molecule has 2 N–H and O–H groups in total. The molecular weight excluding hydrogens is 454 g/mol. The van der Waals surface area contributed by atoms with Crippen molar-refractivity contribution in [2.24, 2.45) is 0 Å². The fraction of sp³-hybridized carbons (Fsp3) is 0.391. The van der Waals surface area contributed by atoms with Crippen LogP contribution in [-0.2, 0) is 0 Å². The molecule has 0 saturated carbocycles. The zero-order valence-electron chi connectivity index (χ0n) is 19.7. The van der Waals surface area contributed by atoms with Gasteiger partial charge in [0.25, 0.3) is 17.0 Å². The number of carbonyl (C=O) groups is 1. The second-order valence-electron chi connectivity index (χ2n) is 8.57. The molecule has 0 bridgehead atoms. The van der Waals surface area contributed by atoms with Crippen molar-refractivity contribution in [1.29, 1.82) is 0 Å². The maximum Gasteiger partial charge on any atom is 0.274 e. The molecule has 1 aliphatic rings. The Labute approximate surface area is 200 Å². The maximum absolute atomic E-state index is 13.3. The number of imidazole rings is 1. The Kier molecular flexibility index (Phi) is 5.74. The third-order valence-electron chi connectivity index (χ3n) is 5.78. The van der Waals surface area contributed by atoms with Crippen LogP contribution in [0.4, 0.5) is 11.5 Å². The maximum atomic E-state index is 13.3. The number of aryl methyl sites for hydroxylation is 1. The van der Waals surface area contributed by atoms with Crippen molar-refractivity contribution >= 4 is 44.6 Å². The summed E-state index contributed by atoms with van der Waals surface area (Å²) < 4.78 is 13.5. The number of hydrogen-bond donors (Lipinski definition) is 2. The van der Waals surface area contributed by atoms with Gasteiger partial charge in [0.2, 0.25) is 5.65 Å². The molecule has 1 amide bonds. The lowest BCUT2D eigenvalue weighted by Crippen LogP contribution is -2.54. The SMILES string of the molecule is COc1nc2c(C(=O)Nc3cn4cc(C)nc4c(OC)n3)ccc(N3C[C@H](C)N[C@@H](C)C3)c2s1. The van der Waals surface area contributed by atoms with E-state index >= 15 is 0 Å². The first kappa shape index (κ1) is 22.4. The Balaban J connectivity index is 1.52. The summed E-state index contributed by atoms with van der Waals surface area (Å²) in [7, 11) is 3.12. The lowest BCUT2D eigenvalue weighted by molar-refractivity contribution is 0.102. The molecule has 11 heteroatoms. The molecule has 1 aromatic carbocycles. The van der Waals surface area contributed by atoms with Crippen LogP contribution in [0.2, 0.25) is 0 Å². The quantitative estimate of drug-likeness (QED) is 0.448. The molecule has 0 aliphatic carbocycles. The number of fused-ring (bicyclic) bond motifs is 2. The van der Waals surface area contributed by atoms with Gasteiger partial charge in [0.15, 0.2) is 5.82 Å². The van der Waals surface area contributed by atoms with Crippen molar-refractivity contribution in [1.82, 2.24) is 24.7 Å². The van der Waals surface area contributed by atoms with Crippen LogP contribution in [0.5, 0.6) is 11.1 Å². The van der Waals surface area contributed by atoms with Crippen molar-refractivity contribution in [3.8, 4) is 11.1 Å². The summed E-state index contributed by atoms with van der Waals surface area (Å²) in [5, 5.41) is 6.96. The van der Waals surface area contributed by atoms with Gasteiger partial charge >= 0.3 is 0 Å². The fourth-order valence-corrected chi connectivity index (χ4v) is 5.44. The molecule has 2 atom stereocenters. The van der Waals surface area contributed by atoms with E-state index in [1.165, 1.54) is 18.4 Å². The van der Waals surface area contributed by atoms with Crippen molar-refractivity contribution in [3.05, 3.63) is 35.8 Å². The molecule has 1 fully saturated rings. The lowest BCUT2D eigenvalue weighted by atomic mass is 10.1. The Morgan fingerprint density at radius 3 is 2.59 bits per heavy atom. The summed E-state index contributed by atoms with van der Waals surface area (Å²) >= 11 is 1.45. The molecule has 3 aromatic heterocycles. The van der Waals surface area contributed by atoms with E-state index in [1.807, 2.05) is 25.3 Å². The van der Waals surface area contributed by atoms with Crippen LogP contribution in [-0.4, -0.2) is 64.7 Å². The third-order valence-corrected chi connectivity index (χ3v) is 6.82. The van der Waals surface area contributed by atoms with Crippen LogP contribution < -0.4 is 25.0 Å². The minimum Gasteiger partial charge on any atom is -0.478 e. The zero-order chi connectivity index (χ0) is 24.0. The number of nitrogens with one attached hydrogen (secondary N) is 2. The second kappa shape index (κ2) is 8.73. The summed E-state index contributed by atoms with van der Waals surface area (Å²) in [4.78, 5) is 29.1. The van der Waals surface area contributed by atoms with Gasteiger partial charge < -0.3 is 25.0 Å². The first-order chi connectivity index (χ1) is 16.4. The van der Waals surface area contributed by atoms with Gasteiger partial charge in [-0.15, -0.1) is 0 Å². The number of methoxy groups -OCH3 is 2. The summed E-state index contributed by atoms with van der Waals surface area (Å²) in [6, 6.07) is 4.54. The van der Waals surface area contributed by atoms with Gasteiger partial charge in [0.1, 0.15) is 5.52 Å². The summed E-state index contributed by atoms with van der Waals surface area (Å²) in [5.74, 6) is 0.386. The Hall–Kier alpha value is -3.44. The molecule has 0 unspecified atom stereocenters. The Bertz CT molecular complexity index is 1370. The number of aromatic nitrogens is 4. The number of thiazole rings is 1. The van der Waals surface area contributed by atoms with E-state index in [2.05, 4.69) is 44.3 Å². The molecule has 1 saturated heterocycles. The highest BCUT2D eigenvalue weighted by molar-refractivity contribution is 7.21. The lowest BCUT2D eigenvalue weighted by Gasteiger charge is -2.37. The van der Waals surface area contributed by atoms with E-state index in [4.69, 9.17) is 9.47 Å². The van der Waals surface area contributed by atoms with Crippen LogP contribution in [0.3, 0.4) is 0 Å². The summed E-state index contributed by atoms with van der Waals surface area (Å²) in [6.45, 7) is 7.99. The predicted octanol–water partition coefficient (Wildman–Crippen LogP) is 3.10. The largest absolute Gasteiger partial charge is 0.478 e. The van der Waals surface area contributed by atoms with Crippen molar-refractivity contribution < 1.29 is 14.3 Å². The standard InChI is InChI=1S/C23H27N7O3S/c1-12-8-29(9-13(2)24-12)16-7-6-15(18-19(16)34-23(28-18)33-5)21(31)26-17-11-30-10-14(3)25-20(30)22(27-17)32-4/h6-7,10-13,24H,8-9H2,1-5H3,(H,26,31)/t12-,13-/m0/s1. The number of amides is 1. The number of anilines is 2. The first-order valence-electron chi connectivity index (χ1n) is 11.1. The highest BCUT2D eigenvalue weighted by Gasteiger charge is 2.26. The van der Waals surface area contributed by atoms with E-state index in [1.54, 1.807) is 17.7 Å². The van der Waals surface area contributed by atoms with Crippen LogP contribution in [0.1, 0.15) is 29.9 Å². The van der Waals surface area contributed by atoms with Gasteiger partial charge in [-0.05, 0) is 32.9 Å². The van der Waals surface area contributed by atoms with Crippen molar-refractivity contribution in [2.75, 3.05) is 37.5 Å². The monoisotopic (exact) mass is 481 g/mol. The fourth-order valence-electron chi connectivity index (χ4n) is 4.49. The van der Waals surface area contributed by atoms with E-state index < -0.39 is 0 Å². The van der Waals surface area contributed by atoms with Crippen molar-refractivity contribution in [3.63, 3.8) is 0 Å². The molecular formula is C23H27N7O3S. The molecule has 178 valence electrons. The average molecular weight is 482 g/mol. The molecule has 4 heterocycles. The predicted molar refractivity (Wildman–Crippen MR) is 133 cm³/mol. The van der Waals surface area contributed by atoms with Crippen molar-refractivity contribution in [2.45, 2.75) is 32.9 Å². The number of nitrogens with zero attached hydrogens (tertiary/aromatic N) is 5. The van der Waals surface area contributed by atoms with Gasteiger partial charge in [0.05, 0.1) is 42.1 Å². The van der Waals surface area contributed by atoms with Crippen LogP contribution in [0.15, 0.2) is 24.5 Å². The van der Waals surface area contributed by atoms with E-state index in [9.17, 15) is 4.79 Å². The zero-order valence-corrected chi connectivity index (χ0v) is 20.6. The smallest absolute Gasteiger partial charge is 0.274 e. The molecule has 5 rings (SSSR count). The number of ether oxygens (including phenoxy) is 2. The van der Waals surface area contributed by atoms with Crippen LogP contribution >= 0.6 is 11.3 Å².